The summed E-state index contributed by atoms with van der Waals surface area (Å²) in [6, 6.07) is 11.7. The molecule has 0 unspecified atom stereocenters. The van der Waals surface area contributed by atoms with Crippen molar-refractivity contribution in [3.05, 3.63) is 93.0 Å². The van der Waals surface area contributed by atoms with Gasteiger partial charge in [0.2, 0.25) is 0 Å². The molecule has 4 N–H and O–H groups in total. The van der Waals surface area contributed by atoms with E-state index in [1.165, 1.54) is 52.7 Å². The van der Waals surface area contributed by atoms with E-state index in [-0.39, 0.29) is 45.3 Å². The minimum Gasteiger partial charge on any atom is -0.496 e. The summed E-state index contributed by atoms with van der Waals surface area (Å²) in [7, 11) is 5.26. The van der Waals surface area contributed by atoms with Crippen LogP contribution in [-0.2, 0) is 5.41 Å². The largest absolute Gasteiger partial charge is 0.496 e. The van der Waals surface area contributed by atoms with Crippen molar-refractivity contribution in [1.82, 2.24) is 0 Å². The highest BCUT2D eigenvalue weighted by Gasteiger charge is 2.54. The molecule has 0 amide bonds. The summed E-state index contributed by atoms with van der Waals surface area (Å²) in [5.74, 6) is -5.08. The lowest BCUT2D eigenvalue weighted by Gasteiger charge is -2.31. The van der Waals surface area contributed by atoms with Crippen LogP contribution in [0.2, 0.25) is 0 Å². The van der Waals surface area contributed by atoms with Crippen LogP contribution in [0.1, 0.15) is 63.7 Å². The van der Waals surface area contributed by atoms with Crippen molar-refractivity contribution in [3.8, 4) is 45.3 Å². The first-order valence-electron chi connectivity index (χ1n) is 13.3. The number of aromatic carboxylic acids is 4. The number of carbonyl (C=O) groups is 4. The third-order valence-corrected chi connectivity index (χ3v) is 8.48. The van der Waals surface area contributed by atoms with Crippen LogP contribution in [0.15, 0.2) is 48.5 Å². The molecule has 0 bridgehead atoms. The third-order valence-electron chi connectivity index (χ3n) is 8.48. The van der Waals surface area contributed by atoms with Gasteiger partial charge >= 0.3 is 23.9 Å². The summed E-state index contributed by atoms with van der Waals surface area (Å²) in [5, 5.41) is 40.1. The predicted octanol–water partition coefficient (Wildman–Crippen LogP) is 4.86. The third kappa shape index (κ3) is 3.78. The lowest BCUT2D eigenvalue weighted by Crippen LogP contribution is -2.27. The molecule has 0 saturated carbocycles. The van der Waals surface area contributed by atoms with Gasteiger partial charge in [-0.15, -0.1) is 0 Å². The van der Waals surface area contributed by atoms with E-state index >= 15 is 0 Å². The van der Waals surface area contributed by atoms with Crippen molar-refractivity contribution in [1.29, 1.82) is 0 Å². The van der Waals surface area contributed by atoms with Gasteiger partial charge in [0.25, 0.3) is 0 Å². The second kappa shape index (κ2) is 10.0. The zero-order valence-corrected chi connectivity index (χ0v) is 24.2. The molecule has 4 aromatic carbocycles. The van der Waals surface area contributed by atoms with E-state index in [0.29, 0.717) is 44.5 Å². The lowest BCUT2D eigenvalue weighted by molar-refractivity contribution is 0.0682. The standard InChI is InChI=1S/C33H24O12/c1-42-25-9-21-13(5-17(25)29(34)35)14-6-18(30(36)37)26(43-2)10-22(14)33(21)23-11-27(44-3)19(31(38)39)7-15(23)16-8-20(32(40)41)28(45-4)12-24(16)33/h5-12H,1-4H3,(H,34,35)(H,36,37)(H,38,39)(H,40,41). The maximum atomic E-state index is 12.3. The number of ether oxygens (including phenoxy) is 4. The maximum Gasteiger partial charge on any atom is 0.339 e. The van der Waals surface area contributed by atoms with Crippen LogP contribution >= 0.6 is 0 Å². The van der Waals surface area contributed by atoms with Crippen molar-refractivity contribution < 1.29 is 58.6 Å². The van der Waals surface area contributed by atoms with E-state index in [1.54, 1.807) is 24.3 Å². The van der Waals surface area contributed by atoms with Gasteiger partial charge in [0, 0.05) is 0 Å². The van der Waals surface area contributed by atoms with E-state index in [4.69, 9.17) is 18.9 Å². The zero-order valence-electron chi connectivity index (χ0n) is 24.2. The minimum atomic E-state index is -1.39. The van der Waals surface area contributed by atoms with Gasteiger partial charge in [-0.25, -0.2) is 19.2 Å². The molecule has 0 fully saturated rings. The van der Waals surface area contributed by atoms with Crippen LogP contribution in [0.4, 0.5) is 0 Å². The number of fused-ring (bicyclic) bond motifs is 10. The fourth-order valence-electron chi connectivity index (χ4n) is 6.67. The van der Waals surface area contributed by atoms with Gasteiger partial charge < -0.3 is 39.4 Å². The molecule has 6 rings (SSSR count). The number of carboxylic acid groups (broad SMARTS) is 4. The molecule has 0 radical (unpaired) electrons. The van der Waals surface area contributed by atoms with E-state index < -0.39 is 29.3 Å². The average molecular weight is 613 g/mol. The summed E-state index contributed by atoms with van der Waals surface area (Å²) in [6.07, 6.45) is 0. The molecule has 0 atom stereocenters. The van der Waals surface area contributed by atoms with Crippen LogP contribution in [0.3, 0.4) is 0 Å². The fraction of sp³-hybridized carbons (Fsp3) is 0.152. The number of rotatable bonds is 8. The quantitative estimate of drug-likeness (QED) is 0.183. The van der Waals surface area contributed by atoms with Crippen molar-refractivity contribution in [2.24, 2.45) is 0 Å². The second-order valence-corrected chi connectivity index (χ2v) is 10.4. The van der Waals surface area contributed by atoms with Gasteiger partial charge in [0.05, 0.1) is 33.9 Å². The molecule has 0 aromatic heterocycles. The van der Waals surface area contributed by atoms with Gasteiger partial charge in [0.15, 0.2) is 0 Å². The summed E-state index contributed by atoms with van der Waals surface area (Å²) >= 11 is 0. The van der Waals surface area contributed by atoms with Crippen LogP contribution in [0, 0.1) is 0 Å². The molecule has 12 nitrogen and oxygen atoms in total. The molecule has 4 aromatic rings. The summed E-state index contributed by atoms with van der Waals surface area (Å²) in [4.78, 5) is 49.2. The molecule has 1 spiro atoms. The van der Waals surface area contributed by atoms with Crippen molar-refractivity contribution in [2.75, 3.05) is 28.4 Å². The highest BCUT2D eigenvalue weighted by molar-refractivity contribution is 6.05. The Bertz CT molecular complexity index is 1730. The fourth-order valence-corrected chi connectivity index (χ4v) is 6.67. The number of hydrogen-bond acceptors (Lipinski definition) is 8. The summed E-state index contributed by atoms with van der Waals surface area (Å²) < 4.78 is 22.0. The van der Waals surface area contributed by atoms with Crippen LogP contribution in [0.5, 0.6) is 23.0 Å². The molecule has 12 heteroatoms. The Hall–Kier alpha value is -6.04. The Morgan fingerprint density at radius 1 is 0.422 bits per heavy atom. The summed E-state index contributed by atoms with van der Waals surface area (Å²) in [6.45, 7) is 0. The van der Waals surface area contributed by atoms with Crippen LogP contribution < -0.4 is 18.9 Å². The lowest BCUT2D eigenvalue weighted by atomic mass is 9.70. The van der Waals surface area contributed by atoms with E-state index in [1.807, 2.05) is 0 Å². The van der Waals surface area contributed by atoms with Crippen molar-refractivity contribution in [2.45, 2.75) is 5.41 Å². The average Bonchev–Trinajstić information content (AvgIpc) is 3.46. The molecular formula is C33H24O12. The first-order chi connectivity index (χ1) is 21.4. The summed E-state index contributed by atoms with van der Waals surface area (Å²) in [5.41, 5.74) is 1.26. The Labute approximate surface area is 254 Å². The Balaban J connectivity index is 1.90. The molecule has 45 heavy (non-hydrogen) atoms. The van der Waals surface area contributed by atoms with E-state index in [9.17, 15) is 39.6 Å². The highest BCUT2D eigenvalue weighted by Crippen LogP contribution is 2.65. The first kappa shape index (κ1) is 29.1. The highest BCUT2D eigenvalue weighted by atomic mass is 16.5. The van der Waals surface area contributed by atoms with Gasteiger partial charge in [-0.3, -0.25) is 0 Å². The molecule has 228 valence electrons. The van der Waals surface area contributed by atoms with E-state index in [2.05, 4.69) is 0 Å². The Morgan fingerprint density at radius 2 is 0.622 bits per heavy atom. The monoisotopic (exact) mass is 612 g/mol. The topological polar surface area (TPSA) is 186 Å². The normalized spacial score (nSPS) is 12.9. The second-order valence-electron chi connectivity index (χ2n) is 10.4. The maximum absolute atomic E-state index is 12.3. The number of carboxylic acids is 4. The van der Waals surface area contributed by atoms with Crippen LogP contribution in [-0.4, -0.2) is 72.7 Å². The van der Waals surface area contributed by atoms with Gasteiger partial charge in [-0.1, -0.05) is 0 Å². The minimum absolute atomic E-state index is 0.0112. The first-order valence-corrected chi connectivity index (χ1v) is 13.3. The smallest absolute Gasteiger partial charge is 0.339 e. The van der Waals surface area contributed by atoms with Gasteiger partial charge in [-0.05, 0) is 93.0 Å². The number of hydrogen-bond donors (Lipinski definition) is 4. The van der Waals surface area contributed by atoms with Crippen LogP contribution in [0.25, 0.3) is 22.3 Å². The Morgan fingerprint density at radius 3 is 0.778 bits per heavy atom. The molecule has 0 saturated heterocycles. The number of benzene rings is 4. The zero-order chi connectivity index (χ0) is 32.5. The molecule has 0 aliphatic heterocycles. The number of methoxy groups -OCH3 is 4. The van der Waals surface area contributed by atoms with E-state index in [0.717, 1.165) is 0 Å². The SMILES string of the molecule is COc1cc2c(cc1C(=O)O)-c1cc(C(=O)O)c(OC)cc1C21c2cc(OC)c(C(=O)O)cc2-c2cc(C(=O)O)c(OC)cc21. The molecule has 0 heterocycles. The molecule has 2 aliphatic carbocycles. The predicted molar refractivity (Wildman–Crippen MR) is 157 cm³/mol. The van der Waals surface area contributed by atoms with Gasteiger partial charge in [0.1, 0.15) is 45.3 Å². The Kier molecular flexibility index (Phi) is 6.46. The van der Waals surface area contributed by atoms with Crippen molar-refractivity contribution in [3.63, 3.8) is 0 Å². The molecular weight excluding hydrogens is 588 g/mol. The van der Waals surface area contributed by atoms with Crippen molar-refractivity contribution >= 4 is 23.9 Å². The molecule has 2 aliphatic rings. The van der Waals surface area contributed by atoms with Gasteiger partial charge in [-0.2, -0.15) is 0 Å².